The van der Waals surface area contributed by atoms with Crippen molar-refractivity contribution >= 4 is 5.69 Å². The Kier molecular flexibility index (Phi) is 4.34. The van der Waals surface area contributed by atoms with Gasteiger partial charge in [0.15, 0.2) is 0 Å². The normalized spacial score (nSPS) is 23.7. The summed E-state index contributed by atoms with van der Waals surface area (Å²) in [5.41, 5.74) is 6.64. The van der Waals surface area contributed by atoms with Crippen LogP contribution in [-0.4, -0.2) is 13.2 Å². The molecule has 1 aromatic rings. The van der Waals surface area contributed by atoms with Gasteiger partial charge in [0.2, 0.25) is 0 Å². The molecule has 2 N–H and O–H groups in total. The third-order valence-corrected chi connectivity index (χ3v) is 3.82. The Morgan fingerprint density at radius 1 is 1.33 bits per heavy atom. The van der Waals surface area contributed by atoms with Crippen LogP contribution in [0.25, 0.3) is 0 Å². The second-order valence-corrected chi connectivity index (χ2v) is 5.08. The van der Waals surface area contributed by atoms with Crippen LogP contribution in [0.2, 0.25) is 0 Å². The monoisotopic (exact) mass is 249 g/mol. The van der Waals surface area contributed by atoms with E-state index >= 15 is 0 Å². The standard InChI is InChI=1S/C15H23NO2/c1-3-11-5-4-6-13(9-11)18-15-8-7-12(17-2)10-14(15)16/h7-8,10-11,13H,3-6,9,16H2,1-2H3. The summed E-state index contributed by atoms with van der Waals surface area (Å²) in [7, 11) is 1.64. The van der Waals surface area contributed by atoms with E-state index in [4.69, 9.17) is 15.2 Å². The molecule has 0 saturated heterocycles. The van der Waals surface area contributed by atoms with Crippen LogP contribution in [0.15, 0.2) is 18.2 Å². The van der Waals surface area contributed by atoms with Crippen LogP contribution in [0.5, 0.6) is 11.5 Å². The van der Waals surface area contributed by atoms with Crippen LogP contribution in [0.3, 0.4) is 0 Å². The molecule has 100 valence electrons. The number of hydrogen-bond acceptors (Lipinski definition) is 3. The van der Waals surface area contributed by atoms with E-state index in [1.165, 1.54) is 19.3 Å². The number of methoxy groups -OCH3 is 1. The third-order valence-electron chi connectivity index (χ3n) is 3.82. The molecular formula is C15H23NO2. The Hall–Kier alpha value is -1.38. The van der Waals surface area contributed by atoms with Crippen molar-refractivity contribution in [2.45, 2.75) is 45.1 Å². The average Bonchev–Trinajstić information content (AvgIpc) is 2.41. The molecule has 0 amide bonds. The SMILES string of the molecule is CCC1CCCC(Oc2ccc(OC)cc2N)C1. The molecule has 2 unspecified atom stereocenters. The van der Waals surface area contributed by atoms with E-state index in [2.05, 4.69) is 6.92 Å². The van der Waals surface area contributed by atoms with Gasteiger partial charge in [0.05, 0.1) is 18.9 Å². The van der Waals surface area contributed by atoms with Gasteiger partial charge in [-0.2, -0.15) is 0 Å². The molecule has 2 atom stereocenters. The molecule has 18 heavy (non-hydrogen) atoms. The number of rotatable bonds is 4. The van der Waals surface area contributed by atoms with Crippen LogP contribution >= 0.6 is 0 Å². The smallest absolute Gasteiger partial charge is 0.142 e. The van der Waals surface area contributed by atoms with Crippen LogP contribution in [0, 0.1) is 5.92 Å². The highest BCUT2D eigenvalue weighted by atomic mass is 16.5. The highest BCUT2D eigenvalue weighted by molar-refractivity contribution is 5.56. The van der Waals surface area contributed by atoms with Gasteiger partial charge in [0.1, 0.15) is 11.5 Å². The largest absolute Gasteiger partial charge is 0.497 e. The first-order valence-corrected chi connectivity index (χ1v) is 6.83. The zero-order chi connectivity index (χ0) is 13.0. The van der Waals surface area contributed by atoms with Gasteiger partial charge in [0.25, 0.3) is 0 Å². The lowest BCUT2D eigenvalue weighted by atomic mass is 9.85. The van der Waals surface area contributed by atoms with Crippen molar-refractivity contribution in [2.24, 2.45) is 5.92 Å². The van der Waals surface area contributed by atoms with Gasteiger partial charge in [-0.05, 0) is 37.3 Å². The number of anilines is 1. The van der Waals surface area contributed by atoms with Gasteiger partial charge in [-0.15, -0.1) is 0 Å². The number of hydrogen-bond donors (Lipinski definition) is 1. The number of benzene rings is 1. The first-order valence-electron chi connectivity index (χ1n) is 6.83. The molecule has 3 heteroatoms. The Bertz CT molecular complexity index is 392. The predicted molar refractivity (Wildman–Crippen MR) is 74.1 cm³/mol. The van der Waals surface area contributed by atoms with Crippen molar-refractivity contribution < 1.29 is 9.47 Å². The zero-order valence-electron chi connectivity index (χ0n) is 11.3. The molecule has 1 aliphatic carbocycles. The van der Waals surface area contributed by atoms with Gasteiger partial charge < -0.3 is 15.2 Å². The summed E-state index contributed by atoms with van der Waals surface area (Å²) >= 11 is 0. The number of ether oxygens (including phenoxy) is 2. The summed E-state index contributed by atoms with van der Waals surface area (Å²) in [6.45, 7) is 2.26. The van der Waals surface area contributed by atoms with Gasteiger partial charge in [-0.3, -0.25) is 0 Å². The highest BCUT2D eigenvalue weighted by Crippen LogP contribution is 2.33. The Labute approximate surface area is 109 Å². The van der Waals surface area contributed by atoms with E-state index in [1.54, 1.807) is 7.11 Å². The Morgan fingerprint density at radius 3 is 2.83 bits per heavy atom. The van der Waals surface area contributed by atoms with Crippen molar-refractivity contribution in [2.75, 3.05) is 12.8 Å². The molecule has 0 heterocycles. The van der Waals surface area contributed by atoms with E-state index < -0.39 is 0 Å². The maximum atomic E-state index is 6.04. The lowest BCUT2D eigenvalue weighted by Crippen LogP contribution is -2.25. The molecule has 1 fully saturated rings. The fourth-order valence-corrected chi connectivity index (χ4v) is 2.66. The highest BCUT2D eigenvalue weighted by Gasteiger charge is 2.22. The summed E-state index contributed by atoms with van der Waals surface area (Å²) in [5, 5.41) is 0. The van der Waals surface area contributed by atoms with Crippen LogP contribution in [0.4, 0.5) is 5.69 Å². The Morgan fingerprint density at radius 2 is 2.17 bits per heavy atom. The fourth-order valence-electron chi connectivity index (χ4n) is 2.66. The van der Waals surface area contributed by atoms with Crippen molar-refractivity contribution in [1.82, 2.24) is 0 Å². The lowest BCUT2D eigenvalue weighted by Gasteiger charge is -2.29. The summed E-state index contributed by atoms with van der Waals surface area (Å²) in [6, 6.07) is 5.62. The zero-order valence-corrected chi connectivity index (χ0v) is 11.3. The van der Waals surface area contributed by atoms with E-state index in [9.17, 15) is 0 Å². The van der Waals surface area contributed by atoms with Crippen molar-refractivity contribution in [1.29, 1.82) is 0 Å². The lowest BCUT2D eigenvalue weighted by molar-refractivity contribution is 0.123. The molecular weight excluding hydrogens is 226 g/mol. The second kappa shape index (κ2) is 5.98. The molecule has 0 spiro atoms. The molecule has 1 aromatic carbocycles. The predicted octanol–water partition coefficient (Wildman–Crippen LogP) is 3.63. The minimum Gasteiger partial charge on any atom is -0.497 e. The van der Waals surface area contributed by atoms with E-state index in [-0.39, 0.29) is 0 Å². The van der Waals surface area contributed by atoms with Crippen LogP contribution in [-0.2, 0) is 0 Å². The maximum Gasteiger partial charge on any atom is 0.142 e. The second-order valence-electron chi connectivity index (χ2n) is 5.08. The van der Waals surface area contributed by atoms with Gasteiger partial charge in [-0.25, -0.2) is 0 Å². The molecule has 3 nitrogen and oxygen atoms in total. The minimum absolute atomic E-state index is 0.319. The quantitative estimate of drug-likeness (QED) is 0.829. The van der Waals surface area contributed by atoms with Gasteiger partial charge in [0, 0.05) is 6.07 Å². The van der Waals surface area contributed by atoms with Crippen LogP contribution < -0.4 is 15.2 Å². The molecule has 2 rings (SSSR count). The summed E-state index contributed by atoms with van der Waals surface area (Å²) in [5.74, 6) is 2.37. The van der Waals surface area contributed by atoms with E-state index in [0.717, 1.165) is 30.3 Å². The molecule has 0 aliphatic heterocycles. The summed E-state index contributed by atoms with van der Waals surface area (Å²) < 4.78 is 11.2. The first-order chi connectivity index (χ1) is 8.72. The Balaban J connectivity index is 2.00. The molecule has 1 aliphatic rings. The van der Waals surface area contributed by atoms with E-state index in [0.29, 0.717) is 11.8 Å². The number of nitrogen functional groups attached to an aromatic ring is 1. The van der Waals surface area contributed by atoms with Crippen molar-refractivity contribution in [3.8, 4) is 11.5 Å². The molecule has 0 bridgehead atoms. The van der Waals surface area contributed by atoms with E-state index in [1.807, 2.05) is 18.2 Å². The van der Waals surface area contributed by atoms with Crippen LogP contribution in [0.1, 0.15) is 39.0 Å². The molecule has 0 radical (unpaired) electrons. The third kappa shape index (κ3) is 3.09. The molecule has 1 saturated carbocycles. The summed E-state index contributed by atoms with van der Waals surface area (Å²) in [4.78, 5) is 0. The average molecular weight is 249 g/mol. The number of nitrogens with two attached hydrogens (primary N) is 1. The fraction of sp³-hybridized carbons (Fsp3) is 0.600. The maximum absolute atomic E-state index is 6.04. The van der Waals surface area contributed by atoms with Crippen molar-refractivity contribution in [3.05, 3.63) is 18.2 Å². The topological polar surface area (TPSA) is 44.5 Å². The minimum atomic E-state index is 0.319. The first kappa shape index (κ1) is 13.1. The van der Waals surface area contributed by atoms with Gasteiger partial charge in [-0.1, -0.05) is 19.8 Å². The van der Waals surface area contributed by atoms with Crippen molar-refractivity contribution in [3.63, 3.8) is 0 Å². The summed E-state index contributed by atoms with van der Waals surface area (Å²) in [6.07, 6.45) is 6.47. The molecule has 0 aromatic heterocycles. The van der Waals surface area contributed by atoms with Gasteiger partial charge >= 0.3 is 0 Å².